The summed E-state index contributed by atoms with van der Waals surface area (Å²) < 4.78 is 0. The highest BCUT2D eigenvalue weighted by atomic mass is 16.1. The standard InChI is InChI=1S/C14H18N4O/c1-17-6-8-18(9-7-17)16-13-10-11-4-2-3-5-12(11)14(19)15-13/h2-5,10H,6-9H2,1H3,(H2,15,16,19). The summed E-state index contributed by atoms with van der Waals surface area (Å²) in [6, 6.07) is 9.61. The van der Waals surface area contributed by atoms with Crippen molar-refractivity contribution in [3.63, 3.8) is 0 Å². The van der Waals surface area contributed by atoms with Crippen LogP contribution in [0.5, 0.6) is 0 Å². The van der Waals surface area contributed by atoms with Gasteiger partial charge in [-0.1, -0.05) is 18.2 Å². The number of rotatable bonds is 2. The van der Waals surface area contributed by atoms with E-state index in [1.165, 1.54) is 0 Å². The zero-order chi connectivity index (χ0) is 13.2. The Kier molecular flexibility index (Phi) is 3.23. The third kappa shape index (κ3) is 2.62. The van der Waals surface area contributed by atoms with Crippen molar-refractivity contribution < 1.29 is 0 Å². The van der Waals surface area contributed by atoms with Gasteiger partial charge in [0, 0.05) is 31.6 Å². The number of fused-ring (bicyclic) bond motifs is 1. The third-order valence-corrected chi connectivity index (χ3v) is 3.54. The van der Waals surface area contributed by atoms with Gasteiger partial charge in [0.05, 0.1) is 0 Å². The lowest BCUT2D eigenvalue weighted by Crippen LogP contribution is -2.47. The third-order valence-electron chi connectivity index (χ3n) is 3.54. The molecule has 0 spiro atoms. The molecule has 0 saturated carbocycles. The highest BCUT2D eigenvalue weighted by Crippen LogP contribution is 2.13. The van der Waals surface area contributed by atoms with Crippen LogP contribution < -0.4 is 11.0 Å². The van der Waals surface area contributed by atoms with Crippen LogP contribution in [0.25, 0.3) is 10.8 Å². The molecule has 0 bridgehead atoms. The van der Waals surface area contributed by atoms with Crippen LogP contribution in [0.4, 0.5) is 5.82 Å². The molecule has 3 rings (SSSR count). The van der Waals surface area contributed by atoms with E-state index in [-0.39, 0.29) is 5.56 Å². The van der Waals surface area contributed by atoms with E-state index in [0.29, 0.717) is 0 Å². The summed E-state index contributed by atoms with van der Waals surface area (Å²) in [4.78, 5) is 17.2. The number of benzene rings is 1. The minimum atomic E-state index is -0.0465. The summed E-state index contributed by atoms with van der Waals surface area (Å²) in [5, 5.41) is 3.83. The predicted octanol–water partition coefficient (Wildman–Crippen LogP) is 1.10. The number of H-pyrrole nitrogens is 1. The number of hydrogen-bond donors (Lipinski definition) is 2. The molecule has 5 nitrogen and oxygen atoms in total. The van der Waals surface area contributed by atoms with E-state index in [1.807, 2.05) is 30.3 Å². The lowest BCUT2D eigenvalue weighted by Gasteiger charge is -2.32. The normalized spacial score (nSPS) is 17.7. The molecule has 0 aliphatic carbocycles. The fourth-order valence-electron chi connectivity index (χ4n) is 2.36. The summed E-state index contributed by atoms with van der Waals surface area (Å²) in [5.74, 6) is 0.758. The zero-order valence-corrected chi connectivity index (χ0v) is 11.0. The van der Waals surface area contributed by atoms with Crippen molar-refractivity contribution in [1.29, 1.82) is 0 Å². The van der Waals surface area contributed by atoms with Crippen molar-refractivity contribution in [2.45, 2.75) is 0 Å². The van der Waals surface area contributed by atoms with E-state index in [1.54, 1.807) is 0 Å². The van der Waals surface area contributed by atoms with Gasteiger partial charge >= 0.3 is 0 Å². The number of nitrogens with one attached hydrogen (secondary N) is 2. The molecule has 0 amide bonds. The van der Waals surface area contributed by atoms with E-state index in [0.717, 1.165) is 42.8 Å². The first kappa shape index (κ1) is 12.2. The predicted molar refractivity (Wildman–Crippen MR) is 77.3 cm³/mol. The largest absolute Gasteiger partial charge is 0.307 e. The molecule has 2 N–H and O–H groups in total. The summed E-state index contributed by atoms with van der Waals surface area (Å²) >= 11 is 0. The first-order chi connectivity index (χ1) is 9.22. The van der Waals surface area contributed by atoms with E-state index in [9.17, 15) is 4.79 Å². The number of hydrazine groups is 1. The molecule has 2 heterocycles. The number of likely N-dealkylation sites (N-methyl/N-ethyl adjacent to an activating group) is 1. The minimum absolute atomic E-state index is 0.0465. The van der Waals surface area contributed by atoms with Crippen molar-refractivity contribution >= 4 is 16.6 Å². The first-order valence-corrected chi connectivity index (χ1v) is 6.54. The Labute approximate surface area is 111 Å². The molecule has 2 aromatic rings. The second kappa shape index (κ2) is 5.03. The van der Waals surface area contributed by atoms with Gasteiger partial charge in [0.1, 0.15) is 5.82 Å². The molecule has 0 atom stereocenters. The number of hydrogen-bond acceptors (Lipinski definition) is 4. The van der Waals surface area contributed by atoms with E-state index in [4.69, 9.17) is 0 Å². The smallest absolute Gasteiger partial charge is 0.257 e. The second-order valence-electron chi connectivity index (χ2n) is 5.00. The van der Waals surface area contributed by atoms with Gasteiger partial charge in [0.25, 0.3) is 5.56 Å². The highest BCUT2D eigenvalue weighted by molar-refractivity contribution is 5.83. The Morgan fingerprint density at radius 1 is 1.16 bits per heavy atom. The number of nitrogens with zero attached hydrogens (tertiary/aromatic N) is 2. The van der Waals surface area contributed by atoms with Gasteiger partial charge < -0.3 is 15.3 Å². The fourth-order valence-corrected chi connectivity index (χ4v) is 2.36. The number of pyridine rings is 1. The Hall–Kier alpha value is -1.85. The van der Waals surface area contributed by atoms with Gasteiger partial charge in [-0.15, -0.1) is 0 Å². The highest BCUT2D eigenvalue weighted by Gasteiger charge is 2.13. The zero-order valence-electron chi connectivity index (χ0n) is 11.0. The minimum Gasteiger partial charge on any atom is -0.307 e. The van der Waals surface area contributed by atoms with Gasteiger partial charge in [-0.25, -0.2) is 5.01 Å². The van der Waals surface area contributed by atoms with Crippen molar-refractivity contribution in [3.8, 4) is 0 Å². The molecular formula is C14H18N4O. The van der Waals surface area contributed by atoms with E-state index in [2.05, 4.69) is 27.4 Å². The Bertz CT molecular complexity index is 629. The average Bonchev–Trinajstić information content (AvgIpc) is 2.42. The molecule has 19 heavy (non-hydrogen) atoms. The Balaban J connectivity index is 1.83. The van der Waals surface area contributed by atoms with E-state index < -0.39 is 0 Å². The molecular weight excluding hydrogens is 240 g/mol. The van der Waals surface area contributed by atoms with Crippen LogP contribution >= 0.6 is 0 Å². The van der Waals surface area contributed by atoms with Crippen LogP contribution in [0.15, 0.2) is 35.1 Å². The van der Waals surface area contributed by atoms with Crippen molar-refractivity contribution in [3.05, 3.63) is 40.7 Å². The SMILES string of the molecule is CN1CCN(Nc2cc3ccccc3c(=O)[nH]2)CC1. The van der Waals surface area contributed by atoms with Crippen molar-refractivity contribution in [2.24, 2.45) is 0 Å². The molecule has 1 aromatic heterocycles. The monoisotopic (exact) mass is 258 g/mol. The molecule has 0 unspecified atom stereocenters. The molecule has 1 fully saturated rings. The lowest BCUT2D eigenvalue weighted by atomic mass is 10.2. The second-order valence-corrected chi connectivity index (χ2v) is 5.00. The number of aromatic amines is 1. The van der Waals surface area contributed by atoms with Gasteiger partial charge in [-0.3, -0.25) is 4.79 Å². The fraction of sp³-hybridized carbons (Fsp3) is 0.357. The molecule has 5 heteroatoms. The molecule has 1 aliphatic heterocycles. The van der Waals surface area contributed by atoms with Crippen LogP contribution in [-0.4, -0.2) is 48.1 Å². The summed E-state index contributed by atoms with van der Waals surface area (Å²) in [6.07, 6.45) is 0. The van der Waals surface area contributed by atoms with Crippen molar-refractivity contribution in [2.75, 3.05) is 38.7 Å². The van der Waals surface area contributed by atoms with Gasteiger partial charge in [-0.05, 0) is 24.6 Å². The molecule has 100 valence electrons. The maximum Gasteiger partial charge on any atom is 0.257 e. The maximum absolute atomic E-state index is 12.0. The van der Waals surface area contributed by atoms with Gasteiger partial charge in [-0.2, -0.15) is 0 Å². The molecule has 1 saturated heterocycles. The van der Waals surface area contributed by atoms with Gasteiger partial charge in [0.15, 0.2) is 0 Å². The average molecular weight is 258 g/mol. The summed E-state index contributed by atoms with van der Waals surface area (Å²) in [5.41, 5.74) is 3.24. The molecule has 1 aliphatic rings. The summed E-state index contributed by atoms with van der Waals surface area (Å²) in [7, 11) is 2.12. The van der Waals surface area contributed by atoms with Crippen LogP contribution in [0, 0.1) is 0 Å². The van der Waals surface area contributed by atoms with Crippen molar-refractivity contribution in [1.82, 2.24) is 14.9 Å². The number of aromatic nitrogens is 1. The van der Waals surface area contributed by atoms with Crippen LogP contribution in [0.3, 0.4) is 0 Å². The topological polar surface area (TPSA) is 51.4 Å². The molecule has 1 aromatic carbocycles. The maximum atomic E-state index is 12.0. The van der Waals surface area contributed by atoms with Crippen LogP contribution in [-0.2, 0) is 0 Å². The lowest BCUT2D eigenvalue weighted by molar-refractivity contribution is 0.178. The Morgan fingerprint density at radius 2 is 1.89 bits per heavy atom. The molecule has 0 radical (unpaired) electrons. The summed E-state index contributed by atoms with van der Waals surface area (Å²) in [6.45, 7) is 3.96. The number of anilines is 1. The van der Waals surface area contributed by atoms with Crippen LogP contribution in [0.2, 0.25) is 0 Å². The first-order valence-electron chi connectivity index (χ1n) is 6.54. The van der Waals surface area contributed by atoms with Gasteiger partial charge in [0.2, 0.25) is 0 Å². The Morgan fingerprint density at radius 3 is 2.68 bits per heavy atom. The number of piperazine rings is 1. The quantitative estimate of drug-likeness (QED) is 0.847. The van der Waals surface area contributed by atoms with Crippen LogP contribution in [0.1, 0.15) is 0 Å². The van der Waals surface area contributed by atoms with E-state index >= 15 is 0 Å².